The maximum atomic E-state index is 12.1. The summed E-state index contributed by atoms with van der Waals surface area (Å²) in [6, 6.07) is 9.35. The van der Waals surface area contributed by atoms with Crippen molar-refractivity contribution >= 4 is 21.6 Å². The Balaban J connectivity index is 1.83. The number of carbonyl (C=O) groups excluding carboxylic acids is 1. The molecular formula is C17H17N3O4S. The van der Waals surface area contributed by atoms with Crippen LogP contribution in [0.15, 0.2) is 53.7 Å². The van der Waals surface area contributed by atoms with Crippen molar-refractivity contribution in [2.75, 3.05) is 18.5 Å². The Morgan fingerprint density at radius 1 is 1.20 bits per heavy atom. The second kappa shape index (κ2) is 8.82. The molecule has 1 aromatic carbocycles. The van der Waals surface area contributed by atoms with E-state index in [9.17, 15) is 13.2 Å². The van der Waals surface area contributed by atoms with Crippen LogP contribution in [0.4, 0.5) is 5.69 Å². The summed E-state index contributed by atoms with van der Waals surface area (Å²) in [5.41, 5.74) is 0.527. The molecule has 0 bridgehead atoms. The number of rotatable bonds is 6. The highest BCUT2D eigenvalue weighted by atomic mass is 32.2. The van der Waals surface area contributed by atoms with Gasteiger partial charge in [-0.05, 0) is 36.4 Å². The number of nitrogens with one attached hydrogen (secondary N) is 2. The van der Waals surface area contributed by atoms with Gasteiger partial charge in [0, 0.05) is 18.8 Å². The molecule has 0 fully saturated rings. The summed E-state index contributed by atoms with van der Waals surface area (Å²) >= 11 is 0. The third-order valence-electron chi connectivity index (χ3n) is 2.91. The topological polar surface area (TPSA) is 97.4 Å². The van der Waals surface area contributed by atoms with Gasteiger partial charge < -0.3 is 10.1 Å². The largest absolute Gasteiger partial charge is 0.479 e. The van der Waals surface area contributed by atoms with Crippen LogP contribution < -0.4 is 14.8 Å². The number of nitrogens with zero attached hydrogens (tertiary/aromatic N) is 1. The van der Waals surface area contributed by atoms with E-state index in [0.29, 0.717) is 11.4 Å². The van der Waals surface area contributed by atoms with Crippen molar-refractivity contribution in [2.45, 2.75) is 11.8 Å². The van der Waals surface area contributed by atoms with Crippen LogP contribution in [-0.4, -0.2) is 32.5 Å². The highest BCUT2D eigenvalue weighted by molar-refractivity contribution is 7.89. The number of hydrogen-bond donors (Lipinski definition) is 2. The van der Waals surface area contributed by atoms with Gasteiger partial charge in [0.1, 0.15) is 12.4 Å². The van der Waals surface area contributed by atoms with Gasteiger partial charge in [0.05, 0.1) is 17.6 Å². The molecule has 0 aliphatic carbocycles. The minimum absolute atomic E-state index is 0.0355. The first kappa shape index (κ1) is 18.4. The van der Waals surface area contributed by atoms with Crippen molar-refractivity contribution in [1.82, 2.24) is 9.71 Å². The number of anilines is 1. The lowest BCUT2D eigenvalue weighted by Crippen LogP contribution is -2.24. The van der Waals surface area contributed by atoms with Crippen molar-refractivity contribution in [1.29, 1.82) is 0 Å². The van der Waals surface area contributed by atoms with Gasteiger partial charge in [-0.15, -0.1) is 0 Å². The fourth-order valence-corrected chi connectivity index (χ4v) is 2.72. The summed E-state index contributed by atoms with van der Waals surface area (Å²) in [6.45, 7) is 1.48. The average molecular weight is 359 g/mol. The van der Waals surface area contributed by atoms with Gasteiger partial charge in [-0.2, -0.15) is 4.72 Å². The molecule has 1 aromatic heterocycles. The zero-order valence-corrected chi connectivity index (χ0v) is 14.3. The van der Waals surface area contributed by atoms with E-state index in [0.717, 1.165) is 0 Å². The lowest BCUT2D eigenvalue weighted by atomic mass is 10.3. The average Bonchev–Trinajstić information content (AvgIpc) is 2.59. The highest BCUT2D eigenvalue weighted by Crippen LogP contribution is 2.13. The van der Waals surface area contributed by atoms with Crippen LogP contribution in [0, 0.1) is 11.8 Å². The predicted molar refractivity (Wildman–Crippen MR) is 93.4 cm³/mol. The summed E-state index contributed by atoms with van der Waals surface area (Å²) < 4.78 is 31.9. The molecule has 7 nitrogen and oxygen atoms in total. The highest BCUT2D eigenvalue weighted by Gasteiger charge is 2.12. The second-order valence-corrected chi connectivity index (χ2v) is 6.63. The maximum Gasteiger partial charge on any atom is 0.241 e. The van der Waals surface area contributed by atoms with Crippen LogP contribution in [0.5, 0.6) is 5.75 Å². The first-order chi connectivity index (χ1) is 12.0. The fraction of sp³-hybridized carbons (Fsp3) is 0.176. The molecule has 130 valence electrons. The molecule has 0 spiro atoms. The van der Waals surface area contributed by atoms with Gasteiger partial charge in [-0.25, -0.2) is 8.42 Å². The van der Waals surface area contributed by atoms with Gasteiger partial charge in [0.2, 0.25) is 15.9 Å². The lowest BCUT2D eigenvalue weighted by molar-refractivity contribution is -0.114. The molecule has 2 rings (SSSR count). The minimum atomic E-state index is -3.66. The smallest absolute Gasteiger partial charge is 0.241 e. The third-order valence-corrected chi connectivity index (χ3v) is 4.32. The summed E-state index contributed by atoms with van der Waals surface area (Å²) in [5.74, 6) is 5.76. The van der Waals surface area contributed by atoms with Crippen LogP contribution in [0.3, 0.4) is 0 Å². The maximum absolute atomic E-state index is 12.1. The fourth-order valence-electron chi connectivity index (χ4n) is 1.80. The molecule has 0 saturated carbocycles. The minimum Gasteiger partial charge on any atom is -0.479 e. The quantitative estimate of drug-likeness (QED) is 0.760. The third kappa shape index (κ3) is 6.25. The Hall–Kier alpha value is -2.89. The number of pyridine rings is 1. The number of carbonyl (C=O) groups is 1. The molecule has 1 amide bonds. The van der Waals surface area contributed by atoms with Crippen molar-refractivity contribution in [3.8, 4) is 17.6 Å². The zero-order valence-electron chi connectivity index (χ0n) is 13.5. The van der Waals surface area contributed by atoms with E-state index in [1.807, 2.05) is 0 Å². The summed E-state index contributed by atoms with van der Waals surface area (Å²) in [7, 11) is -3.66. The number of hydrogen-bond acceptors (Lipinski definition) is 5. The van der Waals surface area contributed by atoms with E-state index in [1.54, 1.807) is 24.5 Å². The van der Waals surface area contributed by atoms with E-state index < -0.39 is 10.0 Å². The molecule has 2 aromatic rings. The molecule has 25 heavy (non-hydrogen) atoms. The van der Waals surface area contributed by atoms with E-state index in [4.69, 9.17) is 4.74 Å². The number of amides is 1. The van der Waals surface area contributed by atoms with Crippen molar-refractivity contribution in [3.05, 3.63) is 48.8 Å². The summed E-state index contributed by atoms with van der Waals surface area (Å²) in [4.78, 5) is 14.9. The van der Waals surface area contributed by atoms with Gasteiger partial charge in [0.25, 0.3) is 0 Å². The Bertz CT molecular complexity index is 870. The summed E-state index contributed by atoms with van der Waals surface area (Å²) in [5, 5.41) is 2.57. The van der Waals surface area contributed by atoms with Gasteiger partial charge >= 0.3 is 0 Å². The lowest BCUT2D eigenvalue weighted by Gasteiger charge is -2.06. The van der Waals surface area contributed by atoms with Crippen LogP contribution in [-0.2, 0) is 14.8 Å². The van der Waals surface area contributed by atoms with Crippen molar-refractivity contribution < 1.29 is 17.9 Å². The Morgan fingerprint density at radius 2 is 1.96 bits per heavy atom. The molecule has 0 unspecified atom stereocenters. The Labute approximate surface area is 146 Å². The Morgan fingerprint density at radius 3 is 2.60 bits per heavy atom. The normalized spacial score (nSPS) is 10.4. The molecule has 0 saturated heterocycles. The Kier molecular flexibility index (Phi) is 6.51. The molecule has 0 aliphatic rings. The summed E-state index contributed by atoms with van der Waals surface area (Å²) in [6.07, 6.45) is 3.20. The van der Waals surface area contributed by atoms with Crippen LogP contribution in [0.25, 0.3) is 0 Å². The predicted octanol–water partition coefficient (Wildman–Crippen LogP) is 1.40. The number of benzene rings is 1. The van der Waals surface area contributed by atoms with Crippen molar-refractivity contribution in [3.63, 3.8) is 0 Å². The molecule has 0 atom stereocenters. The van der Waals surface area contributed by atoms with E-state index in [2.05, 4.69) is 26.9 Å². The first-order valence-corrected chi connectivity index (χ1v) is 8.81. The van der Waals surface area contributed by atoms with Crippen LogP contribution >= 0.6 is 0 Å². The molecule has 1 heterocycles. The molecule has 0 aliphatic heterocycles. The molecular weight excluding hydrogens is 342 g/mol. The molecule has 8 heteroatoms. The SMILES string of the molecule is CC(=O)Nc1ccc(S(=O)(=O)NCC#CCOc2cccnc2)cc1. The molecule has 0 radical (unpaired) electrons. The van der Waals surface area contributed by atoms with E-state index >= 15 is 0 Å². The van der Waals surface area contributed by atoms with E-state index in [1.165, 1.54) is 31.2 Å². The van der Waals surface area contributed by atoms with E-state index in [-0.39, 0.29) is 24.0 Å². The zero-order chi connectivity index (χ0) is 18.1. The number of sulfonamides is 1. The standard InChI is InChI=1S/C17H17N3O4S/c1-14(21)20-15-6-8-17(9-7-15)25(22,23)19-11-2-3-12-24-16-5-4-10-18-13-16/h4-10,13,19H,11-12H2,1H3,(H,20,21). The number of aromatic nitrogens is 1. The molecule has 2 N–H and O–H groups in total. The first-order valence-electron chi connectivity index (χ1n) is 7.33. The number of ether oxygens (including phenoxy) is 1. The van der Waals surface area contributed by atoms with Gasteiger partial charge in [-0.3, -0.25) is 9.78 Å². The van der Waals surface area contributed by atoms with Gasteiger partial charge in [-0.1, -0.05) is 11.8 Å². The van der Waals surface area contributed by atoms with Crippen LogP contribution in [0.1, 0.15) is 6.92 Å². The second-order valence-electron chi connectivity index (χ2n) is 4.86. The van der Waals surface area contributed by atoms with Crippen molar-refractivity contribution in [2.24, 2.45) is 0 Å². The van der Waals surface area contributed by atoms with Crippen LogP contribution in [0.2, 0.25) is 0 Å². The monoisotopic (exact) mass is 359 g/mol. The van der Waals surface area contributed by atoms with Gasteiger partial charge in [0.15, 0.2) is 0 Å².